The summed E-state index contributed by atoms with van der Waals surface area (Å²) in [5.41, 5.74) is 5.37. The number of carbonyl (C=O) groups is 2. The molecule has 0 saturated heterocycles. The number of hydrogen-bond acceptors (Lipinski definition) is 6. The number of nitrogens with one attached hydrogen (secondary N) is 2. The lowest BCUT2D eigenvalue weighted by molar-refractivity contribution is -0.132. The van der Waals surface area contributed by atoms with Gasteiger partial charge in [0.2, 0.25) is 5.91 Å². The highest BCUT2D eigenvalue weighted by molar-refractivity contribution is 5.84. The van der Waals surface area contributed by atoms with E-state index >= 15 is 0 Å². The van der Waals surface area contributed by atoms with E-state index in [4.69, 9.17) is 13.9 Å². The number of methoxy groups -OCH3 is 1. The fourth-order valence-electron chi connectivity index (χ4n) is 2.61. The van der Waals surface area contributed by atoms with Gasteiger partial charge in [-0.3, -0.25) is 20.4 Å². The van der Waals surface area contributed by atoms with Gasteiger partial charge in [0.25, 0.3) is 5.91 Å². The Hall–Kier alpha value is -3.88. The van der Waals surface area contributed by atoms with Crippen LogP contribution in [0.3, 0.4) is 0 Å². The van der Waals surface area contributed by atoms with Crippen molar-refractivity contribution in [1.29, 1.82) is 0 Å². The van der Waals surface area contributed by atoms with E-state index in [2.05, 4.69) is 15.8 Å². The zero-order valence-electron chi connectivity index (χ0n) is 17.1. The lowest BCUT2D eigenvalue weighted by Crippen LogP contribution is -2.47. The second kappa shape index (κ2) is 10.2. The first-order chi connectivity index (χ1) is 15.0. The van der Waals surface area contributed by atoms with Gasteiger partial charge in [0.1, 0.15) is 5.75 Å². The number of hydrazine groups is 1. The maximum Gasteiger partial charge on any atom is 0.279 e. The predicted octanol–water partition coefficient (Wildman–Crippen LogP) is 3.04. The molecule has 3 rings (SSSR count). The molecule has 8 nitrogen and oxygen atoms in total. The lowest BCUT2D eigenvalue weighted by atomic mass is 10.2. The monoisotopic (exact) mass is 427 g/mol. The van der Waals surface area contributed by atoms with Crippen LogP contribution < -0.4 is 20.3 Å². The minimum Gasteiger partial charge on any atom is -0.497 e. The van der Waals surface area contributed by atoms with Gasteiger partial charge in [-0.25, -0.2) is 9.37 Å². The van der Waals surface area contributed by atoms with Crippen LogP contribution in [-0.4, -0.2) is 30.0 Å². The van der Waals surface area contributed by atoms with E-state index in [9.17, 15) is 14.0 Å². The Morgan fingerprint density at radius 1 is 1.13 bits per heavy atom. The third kappa shape index (κ3) is 6.05. The zero-order chi connectivity index (χ0) is 22.2. The summed E-state index contributed by atoms with van der Waals surface area (Å²) in [6.07, 6.45) is 0.874. The number of para-hydroxylation sites is 1. The first-order valence-electron chi connectivity index (χ1n) is 9.55. The standard InChI is InChI=1S/C22H22FN3O5/c1-14(30-18-6-4-3-5-17(18)23)22(28)26-25-20(27)11-12-21-24-13-19(31-21)15-7-9-16(29-2)10-8-15/h3-10,13-14H,11-12H2,1-2H3,(H,25,27)(H,26,28). The Bertz CT molecular complexity index is 1040. The van der Waals surface area contributed by atoms with Gasteiger partial charge in [-0.15, -0.1) is 0 Å². The van der Waals surface area contributed by atoms with Gasteiger partial charge >= 0.3 is 0 Å². The largest absolute Gasteiger partial charge is 0.497 e. The summed E-state index contributed by atoms with van der Waals surface area (Å²) >= 11 is 0. The van der Waals surface area contributed by atoms with Gasteiger partial charge in [-0.05, 0) is 43.3 Å². The second-order valence-electron chi connectivity index (χ2n) is 6.57. The minimum absolute atomic E-state index is 0.0470. The van der Waals surface area contributed by atoms with Gasteiger partial charge in [-0.1, -0.05) is 12.1 Å². The fraction of sp³-hybridized carbons (Fsp3) is 0.227. The van der Waals surface area contributed by atoms with Crippen LogP contribution in [0.4, 0.5) is 4.39 Å². The van der Waals surface area contributed by atoms with E-state index in [1.54, 1.807) is 19.4 Å². The van der Waals surface area contributed by atoms with Crippen LogP contribution in [-0.2, 0) is 16.0 Å². The first kappa shape index (κ1) is 21.8. The number of aryl methyl sites for hydroxylation is 1. The maximum absolute atomic E-state index is 13.6. The number of carbonyl (C=O) groups excluding carboxylic acids is 2. The number of oxazole rings is 1. The van der Waals surface area contributed by atoms with Crippen LogP contribution in [0.25, 0.3) is 11.3 Å². The van der Waals surface area contributed by atoms with Crippen molar-refractivity contribution in [2.75, 3.05) is 7.11 Å². The van der Waals surface area contributed by atoms with E-state index in [1.165, 1.54) is 25.1 Å². The average molecular weight is 427 g/mol. The Morgan fingerprint density at radius 3 is 2.58 bits per heavy atom. The Morgan fingerprint density at radius 2 is 1.87 bits per heavy atom. The molecule has 2 aromatic carbocycles. The summed E-state index contributed by atoms with van der Waals surface area (Å²) in [5, 5.41) is 0. The highest BCUT2D eigenvalue weighted by atomic mass is 19.1. The molecule has 0 radical (unpaired) electrons. The molecular formula is C22H22FN3O5. The van der Waals surface area contributed by atoms with Crippen LogP contribution in [0, 0.1) is 5.82 Å². The van der Waals surface area contributed by atoms with Crippen molar-refractivity contribution in [3.05, 3.63) is 66.4 Å². The number of amides is 2. The van der Waals surface area contributed by atoms with E-state index in [1.807, 2.05) is 24.3 Å². The van der Waals surface area contributed by atoms with Crippen molar-refractivity contribution in [2.24, 2.45) is 0 Å². The van der Waals surface area contributed by atoms with Gasteiger partial charge in [0, 0.05) is 18.4 Å². The molecule has 9 heteroatoms. The summed E-state index contributed by atoms with van der Waals surface area (Å²) < 4.78 is 29.6. The molecule has 2 N–H and O–H groups in total. The summed E-state index contributed by atoms with van der Waals surface area (Å²) in [4.78, 5) is 28.2. The Labute approximate surface area is 178 Å². The molecule has 1 heterocycles. The number of hydrogen-bond donors (Lipinski definition) is 2. The highest BCUT2D eigenvalue weighted by Gasteiger charge is 2.17. The highest BCUT2D eigenvalue weighted by Crippen LogP contribution is 2.23. The quantitative estimate of drug-likeness (QED) is 0.536. The van der Waals surface area contributed by atoms with Crippen molar-refractivity contribution in [2.45, 2.75) is 25.9 Å². The third-order valence-corrected chi connectivity index (χ3v) is 4.33. The van der Waals surface area contributed by atoms with Gasteiger partial charge in [-0.2, -0.15) is 0 Å². The fourth-order valence-corrected chi connectivity index (χ4v) is 2.61. The molecule has 3 aromatic rings. The molecule has 31 heavy (non-hydrogen) atoms. The van der Waals surface area contributed by atoms with Gasteiger partial charge in [0.05, 0.1) is 13.3 Å². The maximum atomic E-state index is 13.6. The summed E-state index contributed by atoms with van der Waals surface area (Å²) in [7, 11) is 1.59. The van der Waals surface area contributed by atoms with Gasteiger partial charge < -0.3 is 13.9 Å². The number of benzene rings is 2. The van der Waals surface area contributed by atoms with Crippen molar-refractivity contribution in [1.82, 2.24) is 15.8 Å². The van der Waals surface area contributed by atoms with Gasteiger partial charge in [0.15, 0.2) is 29.3 Å². The molecule has 0 spiro atoms. The minimum atomic E-state index is -1.00. The van der Waals surface area contributed by atoms with Crippen molar-refractivity contribution in [3.63, 3.8) is 0 Å². The topological polar surface area (TPSA) is 103 Å². The number of nitrogens with zero attached hydrogens (tertiary/aromatic N) is 1. The van der Waals surface area contributed by atoms with Crippen LogP contribution in [0.5, 0.6) is 11.5 Å². The summed E-state index contributed by atoms with van der Waals surface area (Å²) in [5.74, 6) is 0.0224. The number of ether oxygens (including phenoxy) is 2. The number of halogens is 1. The summed E-state index contributed by atoms with van der Waals surface area (Å²) in [6.45, 7) is 1.45. The van der Waals surface area contributed by atoms with Crippen molar-refractivity contribution < 1.29 is 27.9 Å². The smallest absolute Gasteiger partial charge is 0.279 e. The Kier molecular flexibility index (Phi) is 7.21. The average Bonchev–Trinajstić information content (AvgIpc) is 3.26. The molecule has 162 valence electrons. The van der Waals surface area contributed by atoms with E-state index < -0.39 is 23.7 Å². The lowest BCUT2D eigenvalue weighted by Gasteiger charge is -2.15. The molecule has 0 aliphatic heterocycles. The molecule has 0 bridgehead atoms. The zero-order valence-corrected chi connectivity index (χ0v) is 17.1. The molecular weight excluding hydrogens is 405 g/mol. The van der Waals surface area contributed by atoms with E-state index in [0.29, 0.717) is 11.7 Å². The van der Waals surface area contributed by atoms with Crippen LogP contribution in [0.2, 0.25) is 0 Å². The Balaban J connectivity index is 1.43. The number of aromatic nitrogens is 1. The van der Waals surface area contributed by atoms with E-state index in [0.717, 1.165) is 11.3 Å². The third-order valence-electron chi connectivity index (χ3n) is 4.33. The molecule has 1 atom stereocenters. The van der Waals surface area contributed by atoms with Crippen LogP contribution >= 0.6 is 0 Å². The van der Waals surface area contributed by atoms with Crippen molar-refractivity contribution >= 4 is 11.8 Å². The SMILES string of the molecule is COc1ccc(-c2cnc(CCC(=O)NNC(=O)C(C)Oc3ccccc3F)o2)cc1. The van der Waals surface area contributed by atoms with Crippen LogP contribution in [0.1, 0.15) is 19.2 Å². The van der Waals surface area contributed by atoms with Crippen LogP contribution in [0.15, 0.2) is 59.1 Å². The molecule has 1 aromatic heterocycles. The summed E-state index contributed by atoms with van der Waals surface area (Å²) in [6, 6.07) is 13.0. The molecule has 0 fully saturated rings. The molecule has 1 unspecified atom stereocenters. The van der Waals surface area contributed by atoms with E-state index in [-0.39, 0.29) is 18.6 Å². The second-order valence-corrected chi connectivity index (χ2v) is 6.57. The molecule has 2 amide bonds. The normalized spacial score (nSPS) is 11.5. The molecule has 0 aliphatic carbocycles. The molecule has 0 saturated carbocycles. The predicted molar refractivity (Wildman–Crippen MR) is 110 cm³/mol. The molecule has 0 aliphatic rings. The van der Waals surface area contributed by atoms with Crippen molar-refractivity contribution in [3.8, 4) is 22.8 Å². The first-order valence-corrected chi connectivity index (χ1v) is 9.55. The number of rotatable bonds is 8.